The Bertz CT molecular complexity index is 1550. The zero-order valence-electron chi connectivity index (χ0n) is 19.3. The van der Waals surface area contributed by atoms with Crippen LogP contribution in [0, 0.1) is 5.82 Å². The number of alkyl halides is 3. The molecule has 1 aliphatic rings. The zero-order chi connectivity index (χ0) is 26.4. The van der Waals surface area contributed by atoms with Crippen molar-refractivity contribution in [1.29, 1.82) is 0 Å². The molecular weight excluding hydrogens is 516 g/mol. The molecule has 1 N–H and O–H groups in total. The molecule has 1 aromatic carbocycles. The lowest BCUT2D eigenvalue weighted by molar-refractivity contribution is -0.137. The highest BCUT2D eigenvalue weighted by atomic mass is 32.2. The number of fused-ring (bicyclic) bond motifs is 1. The Kier molecular flexibility index (Phi) is 6.22. The second-order valence-electron chi connectivity index (χ2n) is 8.67. The molecule has 3 aromatic heterocycles. The summed E-state index contributed by atoms with van der Waals surface area (Å²) in [4.78, 5) is 14.1. The monoisotopic (exact) mass is 536 g/mol. The van der Waals surface area contributed by atoms with Crippen LogP contribution in [0.3, 0.4) is 0 Å². The van der Waals surface area contributed by atoms with Gasteiger partial charge in [-0.25, -0.2) is 27.8 Å². The summed E-state index contributed by atoms with van der Waals surface area (Å²) < 4.78 is 81.7. The molecule has 0 radical (unpaired) electrons. The number of hydrogen-bond acceptors (Lipinski definition) is 9. The number of benzene rings is 1. The number of sulfone groups is 1. The topological polar surface area (TPSA) is 114 Å². The number of rotatable bonds is 5. The van der Waals surface area contributed by atoms with E-state index in [1.54, 1.807) is 0 Å². The average molecular weight is 537 g/mol. The maximum atomic E-state index is 14.5. The number of hydrogen-bond donors (Lipinski definition) is 1. The van der Waals surface area contributed by atoms with E-state index < -0.39 is 27.4 Å². The minimum atomic E-state index is -4.44. The molecule has 0 amide bonds. The third kappa shape index (κ3) is 5.05. The highest BCUT2D eigenvalue weighted by molar-refractivity contribution is 7.90. The van der Waals surface area contributed by atoms with Crippen LogP contribution >= 0.6 is 0 Å². The molecule has 37 heavy (non-hydrogen) atoms. The van der Waals surface area contributed by atoms with Crippen LogP contribution in [0.15, 0.2) is 52.3 Å². The quantitative estimate of drug-likeness (QED) is 0.363. The van der Waals surface area contributed by atoms with Gasteiger partial charge in [0.05, 0.1) is 16.1 Å². The van der Waals surface area contributed by atoms with E-state index in [9.17, 15) is 26.0 Å². The van der Waals surface area contributed by atoms with Crippen molar-refractivity contribution in [1.82, 2.24) is 20.1 Å². The van der Waals surface area contributed by atoms with Crippen LogP contribution in [0.4, 0.5) is 34.9 Å². The predicted molar refractivity (Wildman–Crippen MR) is 126 cm³/mol. The fourth-order valence-electron chi connectivity index (χ4n) is 4.22. The van der Waals surface area contributed by atoms with Gasteiger partial charge < -0.3 is 14.7 Å². The van der Waals surface area contributed by atoms with E-state index in [-0.39, 0.29) is 27.9 Å². The first-order valence-electron chi connectivity index (χ1n) is 11.2. The first kappa shape index (κ1) is 24.9. The van der Waals surface area contributed by atoms with Gasteiger partial charge in [-0.2, -0.15) is 13.2 Å². The van der Waals surface area contributed by atoms with Gasteiger partial charge in [-0.3, -0.25) is 0 Å². The van der Waals surface area contributed by atoms with Crippen molar-refractivity contribution in [2.24, 2.45) is 0 Å². The van der Waals surface area contributed by atoms with Crippen molar-refractivity contribution in [3.8, 4) is 0 Å². The Hall–Kier alpha value is -3.81. The molecule has 9 nitrogen and oxygen atoms in total. The van der Waals surface area contributed by atoms with E-state index in [1.165, 1.54) is 24.5 Å². The SMILES string of the molecule is CS(=O)(=O)c1ccc(Nc2ncnc3c(C4CCN(c5ccc(C(F)(F)F)cn5)CC4)noc23)c(F)c1. The van der Waals surface area contributed by atoms with Crippen LogP contribution in [-0.2, 0) is 16.0 Å². The van der Waals surface area contributed by atoms with Gasteiger partial charge in [0, 0.05) is 31.5 Å². The minimum Gasteiger partial charge on any atom is -0.357 e. The zero-order valence-corrected chi connectivity index (χ0v) is 20.1. The van der Waals surface area contributed by atoms with Crippen molar-refractivity contribution in [2.45, 2.75) is 29.8 Å². The Balaban J connectivity index is 1.32. The molecule has 1 aliphatic heterocycles. The molecular formula is C23H20F4N6O3S. The van der Waals surface area contributed by atoms with Gasteiger partial charge in [0.25, 0.3) is 0 Å². The van der Waals surface area contributed by atoms with Crippen LogP contribution in [0.1, 0.15) is 30.0 Å². The normalized spacial score (nSPS) is 15.3. The predicted octanol–water partition coefficient (Wildman–Crippen LogP) is 4.70. The number of pyridine rings is 1. The van der Waals surface area contributed by atoms with Gasteiger partial charge in [-0.05, 0) is 43.2 Å². The first-order valence-corrected chi connectivity index (χ1v) is 13.0. The maximum Gasteiger partial charge on any atom is 0.417 e. The number of nitrogens with zero attached hydrogens (tertiary/aromatic N) is 5. The molecule has 0 spiro atoms. The Labute approximate surface area is 208 Å². The Morgan fingerprint density at radius 3 is 2.46 bits per heavy atom. The molecule has 0 atom stereocenters. The van der Waals surface area contributed by atoms with E-state index in [1.807, 2.05) is 4.90 Å². The summed E-state index contributed by atoms with van der Waals surface area (Å²) in [7, 11) is -3.56. The van der Waals surface area contributed by atoms with Gasteiger partial charge in [0.15, 0.2) is 15.7 Å². The van der Waals surface area contributed by atoms with Gasteiger partial charge >= 0.3 is 6.18 Å². The number of nitrogens with one attached hydrogen (secondary N) is 1. The van der Waals surface area contributed by atoms with Crippen LogP contribution in [0.2, 0.25) is 0 Å². The summed E-state index contributed by atoms with van der Waals surface area (Å²) in [6.45, 7) is 1.09. The standard InChI is InChI=1S/C23H20F4N6O3S/c1-37(34,35)15-3-4-17(16(24)10-15)31-22-21-20(29-12-30-22)19(32-36-21)13-6-8-33(9-7-13)18-5-2-14(11-28-18)23(25,26)27/h2-5,10-13H,6-9H2,1H3,(H,29,30,31). The van der Waals surface area contributed by atoms with E-state index in [4.69, 9.17) is 4.52 Å². The number of halogens is 4. The fraction of sp³-hybridized carbons (Fsp3) is 0.304. The molecule has 0 unspecified atom stereocenters. The first-order chi connectivity index (χ1) is 17.5. The second-order valence-corrected chi connectivity index (χ2v) is 10.7. The van der Waals surface area contributed by atoms with Crippen molar-refractivity contribution < 1.29 is 30.5 Å². The summed E-state index contributed by atoms with van der Waals surface area (Å²) in [6.07, 6.45) is -0.0563. The van der Waals surface area contributed by atoms with Gasteiger partial charge in [0.2, 0.25) is 5.58 Å². The molecule has 0 saturated carbocycles. The van der Waals surface area contributed by atoms with Gasteiger partial charge in [-0.1, -0.05) is 5.16 Å². The number of piperidine rings is 1. The molecule has 5 rings (SSSR count). The second kappa shape index (κ2) is 9.25. The average Bonchev–Trinajstić information content (AvgIpc) is 3.29. The van der Waals surface area contributed by atoms with E-state index in [2.05, 4.69) is 25.4 Å². The number of aromatic nitrogens is 4. The third-order valence-electron chi connectivity index (χ3n) is 6.18. The van der Waals surface area contributed by atoms with Gasteiger partial charge in [-0.15, -0.1) is 0 Å². The molecule has 1 fully saturated rings. The van der Waals surface area contributed by atoms with Crippen LogP contribution < -0.4 is 10.2 Å². The van der Waals surface area contributed by atoms with Crippen LogP contribution in [0.25, 0.3) is 11.1 Å². The molecule has 0 bridgehead atoms. The molecule has 0 aliphatic carbocycles. The highest BCUT2D eigenvalue weighted by Crippen LogP contribution is 2.36. The minimum absolute atomic E-state index is 0.00250. The van der Waals surface area contributed by atoms with Crippen LogP contribution in [-0.4, -0.2) is 47.9 Å². The summed E-state index contributed by atoms with van der Waals surface area (Å²) >= 11 is 0. The smallest absolute Gasteiger partial charge is 0.357 e. The maximum absolute atomic E-state index is 14.5. The fourth-order valence-corrected chi connectivity index (χ4v) is 4.85. The summed E-state index contributed by atoms with van der Waals surface area (Å²) in [6, 6.07) is 5.87. The Morgan fingerprint density at radius 2 is 1.84 bits per heavy atom. The van der Waals surface area contributed by atoms with Crippen molar-refractivity contribution in [3.63, 3.8) is 0 Å². The molecule has 14 heteroatoms. The summed E-state index contributed by atoms with van der Waals surface area (Å²) in [5, 5.41) is 6.98. The van der Waals surface area contributed by atoms with Crippen LogP contribution in [0.5, 0.6) is 0 Å². The lowest BCUT2D eigenvalue weighted by Gasteiger charge is -2.32. The molecule has 4 heterocycles. The molecule has 1 saturated heterocycles. The van der Waals surface area contributed by atoms with Crippen molar-refractivity contribution >= 4 is 38.3 Å². The van der Waals surface area contributed by atoms with E-state index in [0.29, 0.717) is 43.0 Å². The lowest BCUT2D eigenvalue weighted by Crippen LogP contribution is -2.33. The Morgan fingerprint density at radius 1 is 1.08 bits per heavy atom. The molecule has 194 valence electrons. The van der Waals surface area contributed by atoms with E-state index in [0.717, 1.165) is 24.6 Å². The summed E-state index contributed by atoms with van der Waals surface area (Å²) in [5.41, 5.74) is 0.485. The van der Waals surface area contributed by atoms with E-state index >= 15 is 0 Å². The van der Waals surface area contributed by atoms with Crippen molar-refractivity contribution in [2.75, 3.05) is 29.6 Å². The lowest BCUT2D eigenvalue weighted by atomic mass is 9.93. The largest absolute Gasteiger partial charge is 0.417 e. The highest BCUT2D eigenvalue weighted by Gasteiger charge is 2.32. The van der Waals surface area contributed by atoms with Crippen molar-refractivity contribution in [3.05, 3.63) is 59.9 Å². The molecule has 4 aromatic rings. The number of anilines is 3. The van der Waals surface area contributed by atoms with Gasteiger partial charge in [0.1, 0.15) is 29.2 Å². The third-order valence-corrected chi connectivity index (χ3v) is 7.29. The summed E-state index contributed by atoms with van der Waals surface area (Å²) in [5.74, 6) is -0.172.